The molecule has 0 aromatic heterocycles. The maximum absolute atomic E-state index is 11.9. The van der Waals surface area contributed by atoms with E-state index in [-0.39, 0.29) is 11.8 Å². The second-order valence-corrected chi connectivity index (χ2v) is 4.89. The third-order valence-corrected chi connectivity index (χ3v) is 3.33. The highest BCUT2D eigenvalue weighted by molar-refractivity contribution is 5.94. The number of esters is 1. The molecule has 1 rings (SSSR count). The Morgan fingerprint density at radius 2 is 1.95 bits per heavy atom. The summed E-state index contributed by atoms with van der Waals surface area (Å²) in [6.07, 6.45) is 3.82. The zero-order valence-corrected chi connectivity index (χ0v) is 12.6. The van der Waals surface area contributed by atoms with Gasteiger partial charge in [-0.15, -0.1) is 0 Å². The Morgan fingerprint density at radius 3 is 2.48 bits per heavy atom. The van der Waals surface area contributed by atoms with E-state index in [1.807, 2.05) is 26.0 Å². The zero-order chi connectivity index (χ0) is 15.8. The number of hydrogen-bond donors (Lipinski definition) is 2. The number of amides is 1. The van der Waals surface area contributed by atoms with Crippen LogP contribution in [0, 0.1) is 5.92 Å². The minimum atomic E-state index is -0.636. The zero-order valence-electron chi connectivity index (χ0n) is 12.6. The second-order valence-electron chi connectivity index (χ2n) is 4.89. The fourth-order valence-electron chi connectivity index (χ4n) is 1.78. The van der Waals surface area contributed by atoms with Gasteiger partial charge in [0.25, 0.3) is 0 Å². The largest absolute Gasteiger partial charge is 0.467 e. The smallest absolute Gasteiger partial charge is 0.328 e. The highest BCUT2D eigenvalue weighted by Gasteiger charge is 2.25. The third-order valence-electron chi connectivity index (χ3n) is 3.33. The van der Waals surface area contributed by atoms with E-state index in [1.165, 1.54) is 13.2 Å². The van der Waals surface area contributed by atoms with E-state index >= 15 is 0 Å². The summed E-state index contributed by atoms with van der Waals surface area (Å²) in [4.78, 5) is 23.6. The van der Waals surface area contributed by atoms with Crippen LogP contribution in [0.5, 0.6) is 0 Å². The number of anilines is 1. The third kappa shape index (κ3) is 5.30. The van der Waals surface area contributed by atoms with Crippen LogP contribution in [0.3, 0.4) is 0 Å². The molecular weight excluding hydrogens is 268 g/mol. The van der Waals surface area contributed by atoms with E-state index in [0.29, 0.717) is 5.69 Å². The van der Waals surface area contributed by atoms with Gasteiger partial charge in [-0.1, -0.05) is 32.4 Å². The number of rotatable bonds is 6. The topological polar surface area (TPSA) is 81.4 Å². The van der Waals surface area contributed by atoms with Gasteiger partial charge < -0.3 is 15.8 Å². The molecule has 2 unspecified atom stereocenters. The molecule has 0 bridgehead atoms. The lowest BCUT2D eigenvalue weighted by Gasteiger charge is -2.20. The molecule has 5 nitrogen and oxygen atoms in total. The molecule has 0 aliphatic carbocycles. The number of nitrogens with one attached hydrogen (secondary N) is 1. The predicted molar refractivity (Wildman–Crippen MR) is 83.3 cm³/mol. The fraction of sp³-hybridized carbons (Fsp3) is 0.375. The number of carbonyl (C=O) groups is 2. The Bertz CT molecular complexity index is 509. The first-order valence-electron chi connectivity index (χ1n) is 6.89. The lowest BCUT2D eigenvalue weighted by atomic mass is 9.99. The van der Waals surface area contributed by atoms with Crippen LogP contribution in [0.15, 0.2) is 30.3 Å². The summed E-state index contributed by atoms with van der Waals surface area (Å²) in [6.45, 7) is 3.85. The van der Waals surface area contributed by atoms with E-state index in [2.05, 4.69) is 5.32 Å². The van der Waals surface area contributed by atoms with Crippen molar-refractivity contribution in [2.45, 2.75) is 26.3 Å². The number of carbonyl (C=O) groups excluding carboxylic acids is 2. The minimum Gasteiger partial charge on any atom is -0.467 e. The lowest BCUT2D eigenvalue weighted by Crippen LogP contribution is -2.45. The molecule has 114 valence electrons. The number of methoxy groups -OCH3 is 1. The maximum atomic E-state index is 11.9. The second kappa shape index (κ2) is 8.09. The van der Waals surface area contributed by atoms with Gasteiger partial charge in [0.15, 0.2) is 0 Å². The summed E-state index contributed by atoms with van der Waals surface area (Å²) in [5, 5.41) is 2.68. The van der Waals surface area contributed by atoms with E-state index in [4.69, 9.17) is 10.5 Å². The van der Waals surface area contributed by atoms with E-state index in [1.54, 1.807) is 18.2 Å². The highest BCUT2D eigenvalue weighted by Crippen LogP contribution is 2.10. The monoisotopic (exact) mass is 290 g/mol. The first-order valence-corrected chi connectivity index (χ1v) is 6.89. The van der Waals surface area contributed by atoms with E-state index < -0.39 is 12.0 Å². The molecular formula is C16H22N2O3. The number of benzene rings is 1. The summed E-state index contributed by atoms with van der Waals surface area (Å²) < 4.78 is 4.72. The molecule has 0 saturated carbocycles. The van der Waals surface area contributed by atoms with E-state index in [9.17, 15) is 9.59 Å². The van der Waals surface area contributed by atoms with Gasteiger partial charge in [0.05, 0.1) is 7.11 Å². The maximum Gasteiger partial charge on any atom is 0.328 e. The average molecular weight is 290 g/mol. The van der Waals surface area contributed by atoms with Crippen molar-refractivity contribution in [1.82, 2.24) is 5.32 Å². The molecule has 1 aromatic carbocycles. The molecule has 0 saturated heterocycles. The van der Waals surface area contributed by atoms with Gasteiger partial charge in [0, 0.05) is 11.8 Å². The fourth-order valence-corrected chi connectivity index (χ4v) is 1.78. The van der Waals surface area contributed by atoms with Gasteiger partial charge in [-0.2, -0.15) is 0 Å². The SMILES string of the molecule is CCC(C)C(NC(=O)/C=C/c1ccc(N)cc1)C(=O)OC. The van der Waals surface area contributed by atoms with Gasteiger partial charge in [0.1, 0.15) is 6.04 Å². The first-order chi connectivity index (χ1) is 9.97. The van der Waals surface area contributed by atoms with Crippen LogP contribution in [-0.4, -0.2) is 25.0 Å². The normalized spacial score (nSPS) is 13.7. The molecule has 5 heteroatoms. The Morgan fingerprint density at radius 1 is 1.33 bits per heavy atom. The van der Waals surface area contributed by atoms with Crippen LogP contribution < -0.4 is 11.1 Å². The van der Waals surface area contributed by atoms with Crippen molar-refractivity contribution in [1.29, 1.82) is 0 Å². The number of hydrogen-bond acceptors (Lipinski definition) is 4. The number of ether oxygens (including phenoxy) is 1. The molecule has 0 spiro atoms. The summed E-state index contributed by atoms with van der Waals surface area (Å²) >= 11 is 0. The van der Waals surface area contributed by atoms with Gasteiger partial charge in [0.2, 0.25) is 5.91 Å². The molecule has 0 aliphatic rings. The molecule has 21 heavy (non-hydrogen) atoms. The standard InChI is InChI=1S/C16H22N2O3/c1-4-11(2)15(16(20)21-3)18-14(19)10-7-12-5-8-13(17)9-6-12/h5-11,15H,4,17H2,1-3H3,(H,18,19)/b10-7+. The summed E-state index contributed by atoms with van der Waals surface area (Å²) in [6, 6.07) is 6.50. The van der Waals surface area contributed by atoms with Crippen LogP contribution in [-0.2, 0) is 14.3 Å². The molecule has 0 fully saturated rings. The molecule has 1 aromatic rings. The van der Waals surface area contributed by atoms with Crippen LogP contribution in [0.1, 0.15) is 25.8 Å². The lowest BCUT2D eigenvalue weighted by molar-refractivity contribution is -0.146. The Labute approximate surface area is 125 Å². The van der Waals surface area contributed by atoms with Crippen molar-refractivity contribution >= 4 is 23.6 Å². The Kier molecular flexibility index (Phi) is 6.46. The number of nitrogens with two attached hydrogens (primary N) is 1. The molecule has 0 heterocycles. The first kappa shape index (κ1) is 16.8. The van der Waals surface area contributed by atoms with Crippen LogP contribution >= 0.6 is 0 Å². The van der Waals surface area contributed by atoms with E-state index in [0.717, 1.165) is 12.0 Å². The van der Waals surface area contributed by atoms with Gasteiger partial charge in [-0.25, -0.2) is 4.79 Å². The van der Waals surface area contributed by atoms with Crippen molar-refractivity contribution in [3.8, 4) is 0 Å². The van der Waals surface area contributed by atoms with Crippen LogP contribution in [0.4, 0.5) is 5.69 Å². The molecule has 2 atom stereocenters. The van der Waals surface area contributed by atoms with Gasteiger partial charge >= 0.3 is 5.97 Å². The van der Waals surface area contributed by atoms with Crippen molar-refractivity contribution in [2.24, 2.45) is 5.92 Å². The Hall–Kier alpha value is -2.30. The van der Waals surface area contributed by atoms with Gasteiger partial charge in [-0.3, -0.25) is 4.79 Å². The van der Waals surface area contributed by atoms with Crippen molar-refractivity contribution < 1.29 is 14.3 Å². The average Bonchev–Trinajstić information content (AvgIpc) is 2.50. The molecule has 1 amide bonds. The molecule has 0 radical (unpaired) electrons. The van der Waals surface area contributed by atoms with Crippen molar-refractivity contribution in [3.63, 3.8) is 0 Å². The summed E-state index contributed by atoms with van der Waals surface area (Å²) in [5.74, 6) is -0.757. The van der Waals surface area contributed by atoms with Crippen LogP contribution in [0.2, 0.25) is 0 Å². The quantitative estimate of drug-likeness (QED) is 0.477. The molecule has 3 N–H and O–H groups in total. The summed E-state index contributed by atoms with van der Waals surface area (Å²) in [7, 11) is 1.31. The Balaban J connectivity index is 2.69. The summed E-state index contributed by atoms with van der Waals surface area (Å²) in [5.41, 5.74) is 7.12. The van der Waals surface area contributed by atoms with Crippen molar-refractivity contribution in [2.75, 3.05) is 12.8 Å². The molecule has 0 aliphatic heterocycles. The highest BCUT2D eigenvalue weighted by atomic mass is 16.5. The van der Waals surface area contributed by atoms with Crippen molar-refractivity contribution in [3.05, 3.63) is 35.9 Å². The predicted octanol–water partition coefficient (Wildman–Crippen LogP) is 1.99. The number of nitrogen functional groups attached to an aromatic ring is 1. The minimum absolute atomic E-state index is 0.00586. The van der Waals surface area contributed by atoms with Crippen LogP contribution in [0.25, 0.3) is 6.08 Å². The van der Waals surface area contributed by atoms with Gasteiger partial charge in [-0.05, 0) is 29.7 Å².